The monoisotopic (exact) mass is 245 g/mol. The van der Waals surface area contributed by atoms with E-state index >= 15 is 0 Å². The molecule has 0 saturated heterocycles. The van der Waals surface area contributed by atoms with E-state index in [4.69, 9.17) is 5.73 Å². The van der Waals surface area contributed by atoms with Crippen molar-refractivity contribution in [3.05, 3.63) is 72.8 Å². The number of benzene rings is 2. The van der Waals surface area contributed by atoms with Crippen molar-refractivity contribution in [2.75, 3.05) is 0 Å². The molecule has 0 bridgehead atoms. The summed E-state index contributed by atoms with van der Waals surface area (Å²) in [5.41, 5.74) is 9.42. The summed E-state index contributed by atoms with van der Waals surface area (Å²) in [6.45, 7) is 3.71. The van der Waals surface area contributed by atoms with E-state index in [1.807, 2.05) is 30.3 Å². The number of hydrogen-bond acceptors (Lipinski definition) is 1. The lowest BCUT2D eigenvalue weighted by molar-refractivity contribution is 0.915. The number of hydrogen-bond donors (Lipinski definition) is 1. The van der Waals surface area contributed by atoms with E-state index in [1.54, 1.807) is 6.08 Å². The fraction of sp³-hybridized carbons (Fsp3) is 0.0667. The average Bonchev–Trinajstić information content (AvgIpc) is 2.39. The van der Waals surface area contributed by atoms with E-state index in [0.717, 1.165) is 5.56 Å². The second-order valence-electron chi connectivity index (χ2n) is 3.75. The first kappa shape index (κ1) is 13.5. The van der Waals surface area contributed by atoms with Crippen molar-refractivity contribution < 1.29 is 0 Å². The van der Waals surface area contributed by atoms with Crippen molar-refractivity contribution in [1.82, 2.24) is 0 Å². The van der Waals surface area contributed by atoms with Gasteiger partial charge in [-0.1, -0.05) is 54.6 Å². The highest BCUT2D eigenvalue weighted by atomic mass is 35.5. The van der Waals surface area contributed by atoms with Crippen LogP contribution >= 0.6 is 12.4 Å². The zero-order valence-electron chi connectivity index (χ0n) is 9.54. The molecule has 0 spiro atoms. The van der Waals surface area contributed by atoms with Gasteiger partial charge >= 0.3 is 0 Å². The predicted octanol–water partition coefficient (Wildman–Crippen LogP) is 3.96. The standard InChI is InChI=1S/C15H15N.ClH/c1-2-15(16)14-10-6-9-13(11-14)12-7-4-3-5-8-12;/h2-11,15H,1,16H2;1H/t15-;/m0./s1. The molecule has 0 aliphatic rings. The Morgan fingerprint density at radius 2 is 1.59 bits per heavy atom. The molecule has 0 amide bonds. The lowest BCUT2D eigenvalue weighted by atomic mass is 10.00. The molecule has 2 aromatic rings. The van der Waals surface area contributed by atoms with Crippen molar-refractivity contribution in [2.45, 2.75) is 6.04 Å². The van der Waals surface area contributed by atoms with Gasteiger partial charge in [-0.2, -0.15) is 0 Å². The molecular weight excluding hydrogens is 230 g/mol. The third-order valence-electron chi connectivity index (χ3n) is 2.63. The van der Waals surface area contributed by atoms with Crippen LogP contribution in [0.5, 0.6) is 0 Å². The highest BCUT2D eigenvalue weighted by Gasteiger charge is 2.02. The van der Waals surface area contributed by atoms with Crippen LogP contribution in [0.2, 0.25) is 0 Å². The lowest BCUT2D eigenvalue weighted by Crippen LogP contribution is -2.06. The molecule has 0 radical (unpaired) electrons. The minimum atomic E-state index is -0.0938. The van der Waals surface area contributed by atoms with Gasteiger partial charge in [0.1, 0.15) is 0 Å². The van der Waals surface area contributed by atoms with Crippen LogP contribution in [0.3, 0.4) is 0 Å². The molecule has 2 rings (SSSR count). The maximum atomic E-state index is 5.92. The van der Waals surface area contributed by atoms with Crippen LogP contribution in [-0.2, 0) is 0 Å². The van der Waals surface area contributed by atoms with E-state index in [9.17, 15) is 0 Å². The molecular formula is C15H16ClN. The molecule has 0 saturated carbocycles. The van der Waals surface area contributed by atoms with Gasteiger partial charge in [0.05, 0.1) is 0 Å². The molecule has 17 heavy (non-hydrogen) atoms. The van der Waals surface area contributed by atoms with E-state index in [2.05, 4.69) is 30.8 Å². The lowest BCUT2D eigenvalue weighted by Gasteiger charge is -2.09. The molecule has 2 aromatic carbocycles. The van der Waals surface area contributed by atoms with Gasteiger partial charge in [0.15, 0.2) is 0 Å². The first-order valence-corrected chi connectivity index (χ1v) is 5.35. The number of halogens is 1. The predicted molar refractivity (Wildman–Crippen MR) is 76.3 cm³/mol. The Morgan fingerprint density at radius 1 is 0.941 bits per heavy atom. The van der Waals surface area contributed by atoms with Crippen LogP contribution in [0.4, 0.5) is 0 Å². The summed E-state index contributed by atoms with van der Waals surface area (Å²) in [6.07, 6.45) is 1.75. The van der Waals surface area contributed by atoms with Crippen LogP contribution in [0.25, 0.3) is 11.1 Å². The van der Waals surface area contributed by atoms with Crippen molar-refractivity contribution in [1.29, 1.82) is 0 Å². The minimum Gasteiger partial charge on any atom is -0.321 e. The summed E-state index contributed by atoms with van der Waals surface area (Å²) in [7, 11) is 0. The molecule has 0 fully saturated rings. The highest BCUT2D eigenvalue weighted by molar-refractivity contribution is 5.85. The summed E-state index contributed by atoms with van der Waals surface area (Å²) in [6, 6.07) is 18.4. The minimum absolute atomic E-state index is 0. The van der Waals surface area contributed by atoms with Gasteiger partial charge in [0.25, 0.3) is 0 Å². The SMILES string of the molecule is C=C[C@H](N)c1cccc(-c2ccccc2)c1.Cl. The topological polar surface area (TPSA) is 26.0 Å². The van der Waals surface area contributed by atoms with Gasteiger partial charge in [-0.15, -0.1) is 19.0 Å². The normalized spacial score (nSPS) is 11.4. The third kappa shape index (κ3) is 3.19. The Labute approximate surface area is 108 Å². The van der Waals surface area contributed by atoms with E-state index < -0.39 is 0 Å². The summed E-state index contributed by atoms with van der Waals surface area (Å²) in [5.74, 6) is 0. The van der Waals surface area contributed by atoms with Gasteiger partial charge in [0.2, 0.25) is 0 Å². The van der Waals surface area contributed by atoms with Gasteiger partial charge in [-0.3, -0.25) is 0 Å². The first-order valence-electron chi connectivity index (χ1n) is 5.35. The van der Waals surface area contributed by atoms with Gasteiger partial charge in [-0.25, -0.2) is 0 Å². The summed E-state index contributed by atoms with van der Waals surface area (Å²) < 4.78 is 0. The fourth-order valence-corrected chi connectivity index (χ4v) is 1.69. The van der Waals surface area contributed by atoms with Crippen LogP contribution in [0.1, 0.15) is 11.6 Å². The van der Waals surface area contributed by atoms with Crippen molar-refractivity contribution in [2.24, 2.45) is 5.73 Å². The second-order valence-corrected chi connectivity index (χ2v) is 3.75. The van der Waals surface area contributed by atoms with E-state index in [-0.39, 0.29) is 18.4 Å². The van der Waals surface area contributed by atoms with Gasteiger partial charge in [0, 0.05) is 6.04 Å². The molecule has 0 unspecified atom stereocenters. The van der Waals surface area contributed by atoms with Crippen LogP contribution in [-0.4, -0.2) is 0 Å². The largest absolute Gasteiger partial charge is 0.321 e. The summed E-state index contributed by atoms with van der Waals surface area (Å²) in [5, 5.41) is 0. The molecule has 1 atom stereocenters. The zero-order valence-corrected chi connectivity index (χ0v) is 10.4. The zero-order chi connectivity index (χ0) is 11.4. The molecule has 88 valence electrons. The van der Waals surface area contributed by atoms with Crippen molar-refractivity contribution in [3.8, 4) is 11.1 Å². The maximum absolute atomic E-state index is 5.92. The maximum Gasteiger partial charge on any atom is 0.0478 e. The Hall–Kier alpha value is -1.57. The Morgan fingerprint density at radius 3 is 2.24 bits per heavy atom. The number of rotatable bonds is 3. The van der Waals surface area contributed by atoms with Crippen molar-refractivity contribution in [3.63, 3.8) is 0 Å². The van der Waals surface area contributed by atoms with Gasteiger partial charge < -0.3 is 5.73 Å². The van der Waals surface area contributed by atoms with Gasteiger partial charge in [-0.05, 0) is 22.8 Å². The molecule has 2 heteroatoms. The van der Waals surface area contributed by atoms with Crippen LogP contribution in [0, 0.1) is 0 Å². The molecule has 0 aliphatic heterocycles. The summed E-state index contributed by atoms with van der Waals surface area (Å²) >= 11 is 0. The molecule has 0 aliphatic carbocycles. The second kappa shape index (κ2) is 6.24. The Bertz CT molecular complexity index is 479. The highest BCUT2D eigenvalue weighted by Crippen LogP contribution is 2.22. The quantitative estimate of drug-likeness (QED) is 0.814. The number of nitrogens with two attached hydrogens (primary N) is 1. The molecule has 2 N–H and O–H groups in total. The first-order chi connectivity index (χ1) is 7.81. The molecule has 1 nitrogen and oxygen atoms in total. The smallest absolute Gasteiger partial charge is 0.0478 e. The van der Waals surface area contributed by atoms with Crippen LogP contribution in [0.15, 0.2) is 67.3 Å². The molecule has 0 aromatic heterocycles. The summed E-state index contributed by atoms with van der Waals surface area (Å²) in [4.78, 5) is 0. The van der Waals surface area contributed by atoms with Crippen molar-refractivity contribution >= 4 is 12.4 Å². The molecule has 0 heterocycles. The van der Waals surface area contributed by atoms with E-state index in [1.165, 1.54) is 11.1 Å². The third-order valence-corrected chi connectivity index (χ3v) is 2.63. The average molecular weight is 246 g/mol. The van der Waals surface area contributed by atoms with E-state index in [0.29, 0.717) is 0 Å². The fourth-order valence-electron chi connectivity index (χ4n) is 1.69. The Balaban J connectivity index is 0.00000144. The van der Waals surface area contributed by atoms with Crippen LogP contribution < -0.4 is 5.73 Å². The Kier molecular flexibility index (Phi) is 4.95.